The second-order valence-corrected chi connectivity index (χ2v) is 4.60. The molecule has 1 fully saturated rings. The molecule has 0 bridgehead atoms. The lowest BCUT2D eigenvalue weighted by Gasteiger charge is -2.33. The van der Waals surface area contributed by atoms with Crippen LogP contribution in [0.1, 0.15) is 24.8 Å². The largest absolute Gasteiger partial charge is 0.494 e. The maximum Gasteiger partial charge on any atom is 0.168 e. The van der Waals surface area contributed by atoms with Crippen LogP contribution in [0.2, 0.25) is 0 Å². The minimum absolute atomic E-state index is 0.158. The zero-order chi connectivity index (χ0) is 12.3. The van der Waals surface area contributed by atoms with Crippen molar-refractivity contribution in [3.63, 3.8) is 0 Å². The van der Waals surface area contributed by atoms with Crippen molar-refractivity contribution >= 4 is 0 Å². The maximum atomic E-state index is 14.0. The standard InChI is InChI=1S/C13H19FN2O/c1-17-12-7-3-6-10(13(12)14)8-11(16-15)9-4-2-5-9/h3,6-7,9,11,16H,2,4-5,8,15H2,1H3. The second kappa shape index (κ2) is 5.47. The third-order valence-corrected chi connectivity index (χ3v) is 3.64. The van der Waals surface area contributed by atoms with Gasteiger partial charge in [0.15, 0.2) is 11.6 Å². The number of methoxy groups -OCH3 is 1. The average Bonchev–Trinajstić information content (AvgIpc) is 2.28. The molecule has 17 heavy (non-hydrogen) atoms. The molecule has 0 amide bonds. The molecule has 1 unspecified atom stereocenters. The van der Waals surface area contributed by atoms with Crippen molar-refractivity contribution in [2.75, 3.05) is 7.11 Å². The summed E-state index contributed by atoms with van der Waals surface area (Å²) in [6.07, 6.45) is 4.23. The van der Waals surface area contributed by atoms with E-state index in [0.29, 0.717) is 23.7 Å². The third kappa shape index (κ3) is 2.58. The summed E-state index contributed by atoms with van der Waals surface area (Å²) >= 11 is 0. The van der Waals surface area contributed by atoms with Crippen LogP contribution in [0.5, 0.6) is 5.75 Å². The molecule has 0 radical (unpaired) electrons. The van der Waals surface area contributed by atoms with Crippen molar-refractivity contribution in [2.45, 2.75) is 31.7 Å². The minimum atomic E-state index is -0.269. The van der Waals surface area contributed by atoms with Gasteiger partial charge in [0.2, 0.25) is 0 Å². The molecule has 0 saturated heterocycles. The van der Waals surface area contributed by atoms with Gasteiger partial charge in [-0.15, -0.1) is 0 Å². The van der Waals surface area contributed by atoms with Crippen LogP contribution in [-0.2, 0) is 6.42 Å². The fourth-order valence-electron chi connectivity index (χ4n) is 2.31. The van der Waals surface area contributed by atoms with E-state index in [-0.39, 0.29) is 11.9 Å². The molecular formula is C13H19FN2O. The monoisotopic (exact) mass is 238 g/mol. The normalized spacial score (nSPS) is 17.6. The summed E-state index contributed by atoms with van der Waals surface area (Å²) in [5.74, 6) is 6.15. The lowest BCUT2D eigenvalue weighted by molar-refractivity contribution is 0.227. The molecule has 3 N–H and O–H groups in total. The van der Waals surface area contributed by atoms with Gasteiger partial charge < -0.3 is 4.74 Å². The highest BCUT2D eigenvalue weighted by atomic mass is 19.1. The Labute approximate surface area is 101 Å². The first-order valence-electron chi connectivity index (χ1n) is 6.03. The number of rotatable bonds is 5. The molecule has 1 atom stereocenters. The van der Waals surface area contributed by atoms with Crippen molar-refractivity contribution < 1.29 is 9.13 Å². The van der Waals surface area contributed by atoms with Gasteiger partial charge in [0, 0.05) is 6.04 Å². The Morgan fingerprint density at radius 1 is 1.53 bits per heavy atom. The van der Waals surface area contributed by atoms with Crippen LogP contribution in [0.25, 0.3) is 0 Å². The number of ether oxygens (including phenoxy) is 1. The maximum absolute atomic E-state index is 14.0. The first-order valence-corrected chi connectivity index (χ1v) is 6.03. The summed E-state index contributed by atoms with van der Waals surface area (Å²) in [7, 11) is 1.48. The number of nitrogens with one attached hydrogen (secondary N) is 1. The van der Waals surface area contributed by atoms with Crippen molar-refractivity contribution in [2.24, 2.45) is 11.8 Å². The topological polar surface area (TPSA) is 47.3 Å². The van der Waals surface area contributed by atoms with E-state index in [9.17, 15) is 4.39 Å². The Balaban J connectivity index is 2.11. The number of benzene rings is 1. The zero-order valence-corrected chi connectivity index (χ0v) is 10.1. The van der Waals surface area contributed by atoms with Gasteiger partial charge in [-0.25, -0.2) is 4.39 Å². The Bertz CT molecular complexity index is 380. The lowest BCUT2D eigenvalue weighted by Crippen LogP contribution is -2.45. The number of hydrogen-bond acceptors (Lipinski definition) is 3. The summed E-state index contributed by atoms with van der Waals surface area (Å²) in [6, 6.07) is 5.39. The number of nitrogens with two attached hydrogens (primary N) is 1. The van der Waals surface area contributed by atoms with E-state index in [1.54, 1.807) is 12.1 Å². The van der Waals surface area contributed by atoms with Crippen molar-refractivity contribution in [3.05, 3.63) is 29.6 Å². The molecule has 0 spiro atoms. The Kier molecular flexibility index (Phi) is 3.97. The zero-order valence-electron chi connectivity index (χ0n) is 10.1. The highest BCUT2D eigenvalue weighted by Gasteiger charge is 2.27. The molecule has 4 heteroatoms. The predicted octanol–water partition coefficient (Wildman–Crippen LogP) is 2.01. The van der Waals surface area contributed by atoms with E-state index in [2.05, 4.69) is 5.43 Å². The van der Waals surface area contributed by atoms with Crippen LogP contribution in [-0.4, -0.2) is 13.2 Å². The van der Waals surface area contributed by atoms with Gasteiger partial charge in [-0.05, 0) is 36.8 Å². The first kappa shape index (κ1) is 12.3. The summed E-state index contributed by atoms with van der Waals surface area (Å²) < 4.78 is 18.9. The smallest absolute Gasteiger partial charge is 0.168 e. The lowest BCUT2D eigenvalue weighted by atomic mass is 9.78. The predicted molar refractivity (Wildman–Crippen MR) is 65.1 cm³/mol. The fraction of sp³-hybridized carbons (Fsp3) is 0.538. The van der Waals surface area contributed by atoms with E-state index in [1.165, 1.54) is 26.4 Å². The van der Waals surface area contributed by atoms with Crippen LogP contribution < -0.4 is 16.0 Å². The number of halogens is 1. The third-order valence-electron chi connectivity index (χ3n) is 3.64. The van der Waals surface area contributed by atoms with Gasteiger partial charge >= 0.3 is 0 Å². The molecule has 2 rings (SSSR count). The van der Waals surface area contributed by atoms with Crippen LogP contribution in [0.4, 0.5) is 4.39 Å². The molecule has 1 saturated carbocycles. The van der Waals surface area contributed by atoms with Gasteiger partial charge in [0.05, 0.1) is 7.11 Å². The van der Waals surface area contributed by atoms with E-state index in [1.807, 2.05) is 6.07 Å². The Morgan fingerprint density at radius 2 is 2.29 bits per heavy atom. The molecule has 0 heterocycles. The van der Waals surface area contributed by atoms with Gasteiger partial charge in [0.1, 0.15) is 0 Å². The number of hydrazine groups is 1. The van der Waals surface area contributed by atoms with Crippen LogP contribution in [0.15, 0.2) is 18.2 Å². The van der Waals surface area contributed by atoms with E-state index in [4.69, 9.17) is 10.6 Å². The molecule has 0 aliphatic heterocycles. The van der Waals surface area contributed by atoms with E-state index >= 15 is 0 Å². The summed E-state index contributed by atoms with van der Waals surface area (Å²) in [5.41, 5.74) is 3.48. The van der Waals surface area contributed by atoms with E-state index in [0.717, 1.165) is 0 Å². The van der Waals surface area contributed by atoms with E-state index < -0.39 is 0 Å². The van der Waals surface area contributed by atoms with Crippen molar-refractivity contribution in [1.29, 1.82) is 0 Å². The van der Waals surface area contributed by atoms with Gasteiger partial charge in [0.25, 0.3) is 0 Å². The molecule has 3 nitrogen and oxygen atoms in total. The molecule has 1 aromatic carbocycles. The first-order chi connectivity index (χ1) is 8.26. The van der Waals surface area contributed by atoms with Gasteiger partial charge in [-0.1, -0.05) is 18.6 Å². The SMILES string of the molecule is COc1cccc(CC(NN)C2CCC2)c1F. The van der Waals surface area contributed by atoms with Crippen molar-refractivity contribution in [3.8, 4) is 5.75 Å². The fourth-order valence-corrected chi connectivity index (χ4v) is 2.31. The minimum Gasteiger partial charge on any atom is -0.494 e. The molecular weight excluding hydrogens is 219 g/mol. The van der Waals surface area contributed by atoms with Crippen LogP contribution in [0.3, 0.4) is 0 Å². The van der Waals surface area contributed by atoms with Crippen LogP contribution >= 0.6 is 0 Å². The number of hydrogen-bond donors (Lipinski definition) is 2. The Morgan fingerprint density at radius 3 is 2.82 bits per heavy atom. The summed E-state index contributed by atoms with van der Waals surface area (Å²) in [5, 5.41) is 0. The van der Waals surface area contributed by atoms with Crippen LogP contribution in [0, 0.1) is 11.7 Å². The quantitative estimate of drug-likeness (QED) is 0.609. The molecule has 1 aromatic rings. The molecule has 1 aliphatic carbocycles. The summed E-state index contributed by atoms with van der Waals surface area (Å²) in [6.45, 7) is 0. The second-order valence-electron chi connectivity index (χ2n) is 4.60. The molecule has 94 valence electrons. The average molecular weight is 238 g/mol. The van der Waals surface area contributed by atoms with Crippen molar-refractivity contribution in [1.82, 2.24) is 5.43 Å². The Hall–Kier alpha value is -1.13. The van der Waals surface area contributed by atoms with Gasteiger partial charge in [-0.3, -0.25) is 11.3 Å². The molecule has 0 aromatic heterocycles. The summed E-state index contributed by atoms with van der Waals surface area (Å²) in [4.78, 5) is 0. The van der Waals surface area contributed by atoms with Gasteiger partial charge in [-0.2, -0.15) is 0 Å². The highest BCUT2D eigenvalue weighted by Crippen LogP contribution is 2.31. The highest BCUT2D eigenvalue weighted by molar-refractivity contribution is 5.31. The molecule has 1 aliphatic rings.